The predicted octanol–water partition coefficient (Wildman–Crippen LogP) is 1.84. The maximum absolute atomic E-state index is 11.3. The van der Waals surface area contributed by atoms with Gasteiger partial charge in [0, 0.05) is 6.54 Å². The molecule has 0 amide bonds. The van der Waals surface area contributed by atoms with Gasteiger partial charge in [0.05, 0.1) is 5.60 Å². The summed E-state index contributed by atoms with van der Waals surface area (Å²) in [5.74, 6) is 0.164. The first-order chi connectivity index (χ1) is 9.37. The third-order valence-corrected chi connectivity index (χ3v) is 4.34. The number of rotatable bonds is 4. The zero-order chi connectivity index (χ0) is 14.8. The number of hydrogen-bond donors (Lipinski definition) is 3. The summed E-state index contributed by atoms with van der Waals surface area (Å²) in [5, 5.41) is 31.7. The van der Waals surface area contributed by atoms with Crippen LogP contribution in [0.4, 0.5) is 0 Å². The molecule has 112 valence electrons. The van der Waals surface area contributed by atoms with Crippen LogP contribution in [0.25, 0.3) is 0 Å². The van der Waals surface area contributed by atoms with Gasteiger partial charge < -0.3 is 20.2 Å². The topological polar surface area (TPSA) is 63.9 Å². The summed E-state index contributed by atoms with van der Waals surface area (Å²) in [5.41, 5.74) is -1.76. The lowest BCUT2D eigenvalue weighted by molar-refractivity contribution is -0.181. The Morgan fingerprint density at radius 2 is 1.65 bits per heavy atom. The molecule has 0 heterocycles. The molecule has 20 heavy (non-hydrogen) atoms. The Labute approximate surface area is 120 Å². The van der Waals surface area contributed by atoms with E-state index in [1.165, 1.54) is 0 Å². The summed E-state index contributed by atoms with van der Waals surface area (Å²) in [4.78, 5) is 1.89. The lowest BCUT2D eigenvalue weighted by Gasteiger charge is -2.47. The lowest BCUT2D eigenvalue weighted by atomic mass is 9.69. The predicted molar refractivity (Wildman–Crippen MR) is 78.6 cm³/mol. The third-order valence-electron chi connectivity index (χ3n) is 4.34. The Hall–Kier alpha value is -1.10. The minimum atomic E-state index is -1.31. The standard InChI is InChI=1S/C16H25NO3/c1-17(2)12-16(20,13-6-8-14(18)9-7-13)15(19)10-4-3-5-11-15/h6-9,18-20H,3-5,10-12H2,1-2H3. The van der Waals surface area contributed by atoms with Crippen LogP contribution in [0.2, 0.25) is 0 Å². The minimum Gasteiger partial charge on any atom is -0.508 e. The van der Waals surface area contributed by atoms with E-state index in [-0.39, 0.29) is 5.75 Å². The lowest BCUT2D eigenvalue weighted by Crippen LogP contribution is -2.57. The van der Waals surface area contributed by atoms with Crippen molar-refractivity contribution in [2.45, 2.75) is 43.3 Å². The van der Waals surface area contributed by atoms with Gasteiger partial charge in [-0.3, -0.25) is 0 Å². The summed E-state index contributed by atoms with van der Waals surface area (Å²) in [7, 11) is 3.77. The summed E-state index contributed by atoms with van der Waals surface area (Å²) in [6.45, 7) is 0.355. The molecule has 1 atom stereocenters. The van der Waals surface area contributed by atoms with Crippen molar-refractivity contribution in [2.24, 2.45) is 0 Å². The maximum Gasteiger partial charge on any atom is 0.131 e. The van der Waals surface area contributed by atoms with E-state index in [0.29, 0.717) is 24.9 Å². The molecule has 1 saturated carbocycles. The highest BCUT2D eigenvalue weighted by Crippen LogP contribution is 2.43. The molecule has 1 aromatic rings. The van der Waals surface area contributed by atoms with Crippen LogP contribution in [0.3, 0.4) is 0 Å². The minimum absolute atomic E-state index is 0.164. The fraction of sp³-hybridized carbons (Fsp3) is 0.625. The Morgan fingerprint density at radius 1 is 1.10 bits per heavy atom. The number of phenols is 1. The van der Waals surface area contributed by atoms with Crippen molar-refractivity contribution in [2.75, 3.05) is 20.6 Å². The molecule has 1 fully saturated rings. The molecule has 2 rings (SSSR count). The van der Waals surface area contributed by atoms with Gasteiger partial charge in [0.1, 0.15) is 11.4 Å². The normalized spacial score (nSPS) is 21.6. The number of nitrogens with zero attached hydrogens (tertiary/aromatic N) is 1. The molecule has 1 aliphatic carbocycles. The number of hydrogen-bond acceptors (Lipinski definition) is 4. The highest BCUT2D eigenvalue weighted by molar-refractivity contribution is 5.33. The van der Waals surface area contributed by atoms with Crippen molar-refractivity contribution in [3.05, 3.63) is 29.8 Å². The first-order valence-corrected chi connectivity index (χ1v) is 7.26. The van der Waals surface area contributed by atoms with E-state index in [1.807, 2.05) is 19.0 Å². The van der Waals surface area contributed by atoms with Crippen LogP contribution in [0.5, 0.6) is 5.75 Å². The van der Waals surface area contributed by atoms with Crippen LogP contribution < -0.4 is 0 Å². The Morgan fingerprint density at radius 3 is 2.15 bits per heavy atom. The van der Waals surface area contributed by atoms with Gasteiger partial charge >= 0.3 is 0 Å². The van der Waals surface area contributed by atoms with E-state index in [2.05, 4.69) is 0 Å². The van der Waals surface area contributed by atoms with Crippen LogP contribution in [-0.4, -0.2) is 46.5 Å². The van der Waals surface area contributed by atoms with Crippen LogP contribution in [0.1, 0.15) is 37.7 Å². The fourth-order valence-electron chi connectivity index (χ4n) is 3.25. The van der Waals surface area contributed by atoms with Gasteiger partial charge in [-0.1, -0.05) is 31.4 Å². The zero-order valence-electron chi connectivity index (χ0n) is 12.3. The van der Waals surface area contributed by atoms with Gasteiger partial charge in [-0.05, 0) is 44.6 Å². The van der Waals surface area contributed by atoms with Crippen molar-refractivity contribution in [1.82, 2.24) is 4.90 Å². The van der Waals surface area contributed by atoms with Gasteiger partial charge in [0.2, 0.25) is 0 Å². The van der Waals surface area contributed by atoms with E-state index in [0.717, 1.165) is 19.3 Å². The van der Waals surface area contributed by atoms with Crippen molar-refractivity contribution >= 4 is 0 Å². The molecular weight excluding hydrogens is 254 g/mol. The highest BCUT2D eigenvalue weighted by atomic mass is 16.4. The first-order valence-electron chi connectivity index (χ1n) is 7.26. The molecule has 1 unspecified atom stereocenters. The molecule has 1 aliphatic rings. The average Bonchev–Trinajstić information content (AvgIpc) is 2.39. The Kier molecular flexibility index (Phi) is 4.37. The van der Waals surface area contributed by atoms with E-state index in [9.17, 15) is 15.3 Å². The molecule has 0 radical (unpaired) electrons. The van der Waals surface area contributed by atoms with Gasteiger partial charge in [0.15, 0.2) is 0 Å². The van der Waals surface area contributed by atoms with Crippen molar-refractivity contribution in [3.63, 3.8) is 0 Å². The number of aromatic hydroxyl groups is 1. The Balaban J connectivity index is 2.41. The fourth-order valence-corrected chi connectivity index (χ4v) is 3.25. The summed E-state index contributed by atoms with van der Waals surface area (Å²) < 4.78 is 0. The molecule has 3 N–H and O–H groups in total. The molecule has 4 heteroatoms. The number of aliphatic hydroxyl groups is 2. The average molecular weight is 279 g/mol. The molecule has 0 aliphatic heterocycles. The number of likely N-dealkylation sites (N-methyl/N-ethyl adjacent to an activating group) is 1. The van der Waals surface area contributed by atoms with Crippen LogP contribution in [0, 0.1) is 0 Å². The second kappa shape index (κ2) is 5.72. The third kappa shape index (κ3) is 2.82. The quantitative estimate of drug-likeness (QED) is 0.787. The Bertz CT molecular complexity index is 438. The molecular formula is C16H25NO3. The number of phenolic OH excluding ortho intramolecular Hbond substituents is 1. The van der Waals surface area contributed by atoms with E-state index in [1.54, 1.807) is 24.3 Å². The zero-order valence-corrected chi connectivity index (χ0v) is 12.3. The van der Waals surface area contributed by atoms with Gasteiger partial charge in [-0.2, -0.15) is 0 Å². The first kappa shape index (κ1) is 15.3. The number of benzene rings is 1. The molecule has 4 nitrogen and oxygen atoms in total. The molecule has 0 spiro atoms. The maximum atomic E-state index is 11.3. The summed E-state index contributed by atoms with van der Waals surface area (Å²) >= 11 is 0. The smallest absolute Gasteiger partial charge is 0.131 e. The molecule has 0 aromatic heterocycles. The van der Waals surface area contributed by atoms with Gasteiger partial charge in [0.25, 0.3) is 0 Å². The van der Waals surface area contributed by atoms with Crippen molar-refractivity contribution in [1.29, 1.82) is 0 Å². The molecule has 0 bridgehead atoms. The van der Waals surface area contributed by atoms with E-state index >= 15 is 0 Å². The van der Waals surface area contributed by atoms with Crippen molar-refractivity contribution in [3.8, 4) is 5.75 Å². The van der Waals surface area contributed by atoms with Gasteiger partial charge in [-0.25, -0.2) is 0 Å². The largest absolute Gasteiger partial charge is 0.508 e. The van der Waals surface area contributed by atoms with Crippen LogP contribution in [0.15, 0.2) is 24.3 Å². The van der Waals surface area contributed by atoms with E-state index in [4.69, 9.17) is 0 Å². The second-order valence-electron chi connectivity index (χ2n) is 6.24. The molecule has 0 saturated heterocycles. The highest BCUT2D eigenvalue weighted by Gasteiger charge is 2.50. The van der Waals surface area contributed by atoms with E-state index < -0.39 is 11.2 Å². The summed E-state index contributed by atoms with van der Waals surface area (Å²) in [6.07, 6.45) is 4.20. The van der Waals surface area contributed by atoms with Crippen LogP contribution in [-0.2, 0) is 5.60 Å². The monoisotopic (exact) mass is 279 g/mol. The SMILES string of the molecule is CN(C)CC(O)(c1ccc(O)cc1)C1(O)CCCCC1. The van der Waals surface area contributed by atoms with Crippen LogP contribution >= 0.6 is 0 Å². The summed E-state index contributed by atoms with van der Waals surface area (Å²) in [6, 6.07) is 6.51. The molecule has 1 aromatic carbocycles. The van der Waals surface area contributed by atoms with Gasteiger partial charge in [-0.15, -0.1) is 0 Å². The van der Waals surface area contributed by atoms with Crippen molar-refractivity contribution < 1.29 is 15.3 Å². The second-order valence-corrected chi connectivity index (χ2v) is 6.24.